The second-order valence-electron chi connectivity index (χ2n) is 10.8. The van der Waals surface area contributed by atoms with Crippen LogP contribution in [0.2, 0.25) is 10.0 Å². The Balaban J connectivity index is 1.86. The highest BCUT2D eigenvalue weighted by atomic mass is 35.5. The first kappa shape index (κ1) is 31.8. The summed E-state index contributed by atoms with van der Waals surface area (Å²) < 4.78 is 30.2. The highest BCUT2D eigenvalue weighted by Crippen LogP contribution is 2.42. The van der Waals surface area contributed by atoms with E-state index in [-0.39, 0.29) is 11.8 Å². The molecule has 3 rings (SSSR count). The van der Waals surface area contributed by atoms with E-state index in [2.05, 4.69) is 13.8 Å². The molecule has 0 spiro atoms. The maximum Gasteiger partial charge on any atom is 0.345 e. The molecule has 39 heavy (non-hydrogen) atoms. The van der Waals surface area contributed by atoms with Gasteiger partial charge in [0.25, 0.3) is 0 Å². The van der Waals surface area contributed by atoms with E-state index in [1.807, 2.05) is 49.2 Å². The number of ether oxygens (including phenoxy) is 1. The van der Waals surface area contributed by atoms with E-state index in [1.165, 1.54) is 0 Å². The summed E-state index contributed by atoms with van der Waals surface area (Å²) in [6, 6.07) is 10.5. The molecule has 8 heteroatoms. The molecule has 1 aliphatic carbocycles. The number of carbonyl (C=O) groups is 1. The molecule has 1 saturated carbocycles. The van der Waals surface area contributed by atoms with Crippen molar-refractivity contribution in [2.24, 2.45) is 5.92 Å². The largest absolute Gasteiger partial charge is 0.480 e. The van der Waals surface area contributed by atoms with Gasteiger partial charge in [0, 0.05) is 10.0 Å². The molecule has 216 valence electrons. The standard InChI is InChI=1S/C31H41Cl2F2NO3/c1-5-20(6-2)24(26-18-22(32)12-15-27(26)33)16-17-36(4)29(30(37)38)25-9-7-8-19(3)28(25)21-10-13-23(14-11-21)39-31(34)35/h7-9,12,15,18,20-21,23-24,29,31H,5-6,10-11,13-14,16-17H2,1-4H3,(H,37,38)/t21?,23?,24-,29?/m1/s1. The Kier molecular flexibility index (Phi) is 12.0. The Morgan fingerprint density at radius 2 is 1.74 bits per heavy atom. The van der Waals surface area contributed by atoms with Crippen molar-refractivity contribution in [1.29, 1.82) is 0 Å². The predicted molar refractivity (Wildman–Crippen MR) is 154 cm³/mol. The lowest BCUT2D eigenvalue weighted by atomic mass is 9.77. The lowest BCUT2D eigenvalue weighted by molar-refractivity contribution is -0.170. The molecular formula is C31H41Cl2F2NO3. The first-order valence-electron chi connectivity index (χ1n) is 14.0. The van der Waals surface area contributed by atoms with Gasteiger partial charge in [-0.25, -0.2) is 0 Å². The summed E-state index contributed by atoms with van der Waals surface area (Å²) in [5.74, 6) is -0.265. The van der Waals surface area contributed by atoms with E-state index >= 15 is 0 Å². The average molecular weight is 585 g/mol. The van der Waals surface area contributed by atoms with E-state index in [1.54, 1.807) is 6.07 Å². The summed E-state index contributed by atoms with van der Waals surface area (Å²) in [5, 5.41) is 11.8. The van der Waals surface area contributed by atoms with Crippen molar-refractivity contribution in [3.05, 3.63) is 68.7 Å². The first-order valence-corrected chi connectivity index (χ1v) is 14.7. The second-order valence-corrected chi connectivity index (χ2v) is 11.7. The van der Waals surface area contributed by atoms with Crippen LogP contribution >= 0.6 is 23.2 Å². The molecule has 0 bridgehead atoms. The van der Waals surface area contributed by atoms with E-state index in [0.717, 1.165) is 41.5 Å². The van der Waals surface area contributed by atoms with Crippen LogP contribution in [0, 0.1) is 12.8 Å². The Morgan fingerprint density at radius 3 is 2.33 bits per heavy atom. The zero-order valence-electron chi connectivity index (χ0n) is 23.3. The van der Waals surface area contributed by atoms with Gasteiger partial charge < -0.3 is 9.84 Å². The highest BCUT2D eigenvalue weighted by molar-refractivity contribution is 6.33. The molecule has 4 nitrogen and oxygen atoms in total. The maximum absolute atomic E-state index is 12.7. The van der Waals surface area contributed by atoms with Gasteiger partial charge in [-0.3, -0.25) is 9.69 Å². The van der Waals surface area contributed by atoms with E-state index in [9.17, 15) is 18.7 Å². The summed E-state index contributed by atoms with van der Waals surface area (Å²) in [6.45, 7) is 4.14. The van der Waals surface area contributed by atoms with Crippen molar-refractivity contribution in [2.75, 3.05) is 13.6 Å². The Labute approximate surface area is 241 Å². The first-order chi connectivity index (χ1) is 18.6. The average Bonchev–Trinajstić information content (AvgIpc) is 2.88. The fourth-order valence-corrected chi connectivity index (χ4v) is 6.90. The number of likely N-dealkylation sites (N-methyl/N-ethyl adjacent to an activating group) is 1. The number of hydrogen-bond donors (Lipinski definition) is 1. The molecule has 1 N–H and O–H groups in total. The number of rotatable bonds is 13. The Bertz CT molecular complexity index is 1090. The molecule has 2 aromatic rings. The Hall–Kier alpha value is -1.73. The third-order valence-corrected chi connectivity index (χ3v) is 9.05. The molecule has 0 amide bonds. The van der Waals surface area contributed by atoms with Gasteiger partial charge in [-0.15, -0.1) is 0 Å². The summed E-state index contributed by atoms with van der Waals surface area (Å²) in [6.07, 6.45) is 4.70. The minimum atomic E-state index is -2.77. The van der Waals surface area contributed by atoms with Crippen molar-refractivity contribution in [3.63, 3.8) is 0 Å². The number of aliphatic carboxylic acids is 1. The molecule has 1 aliphatic rings. The van der Waals surface area contributed by atoms with Crippen molar-refractivity contribution in [1.82, 2.24) is 4.90 Å². The van der Waals surface area contributed by atoms with Crippen molar-refractivity contribution < 1.29 is 23.4 Å². The molecule has 2 aromatic carbocycles. The third kappa shape index (κ3) is 8.16. The number of aryl methyl sites for hydroxylation is 1. The summed E-state index contributed by atoms with van der Waals surface area (Å²) in [5.41, 5.74) is 3.85. The van der Waals surface area contributed by atoms with Gasteiger partial charge in [-0.05, 0) is 111 Å². The number of carboxylic acid groups (broad SMARTS) is 1. The van der Waals surface area contributed by atoms with Crippen LogP contribution in [0.25, 0.3) is 0 Å². The zero-order chi connectivity index (χ0) is 28.7. The van der Waals surface area contributed by atoms with E-state index in [4.69, 9.17) is 27.9 Å². The molecule has 0 aromatic heterocycles. The lowest BCUT2D eigenvalue weighted by Gasteiger charge is -2.34. The highest BCUT2D eigenvalue weighted by Gasteiger charge is 2.33. The summed E-state index contributed by atoms with van der Waals surface area (Å²) in [4.78, 5) is 14.7. The SMILES string of the molecule is CCC(CC)[C@@H](CCN(C)C(C(=O)O)c1cccc(C)c1C1CCC(OC(F)F)CC1)c1cc(Cl)ccc1Cl. The van der Waals surface area contributed by atoms with Gasteiger partial charge in [0.2, 0.25) is 0 Å². The monoisotopic (exact) mass is 583 g/mol. The normalized spacial score (nSPS) is 19.6. The molecule has 1 fully saturated rings. The van der Waals surface area contributed by atoms with Gasteiger partial charge in [-0.2, -0.15) is 8.78 Å². The van der Waals surface area contributed by atoms with Gasteiger partial charge in [-0.1, -0.05) is 68.1 Å². The molecule has 1 unspecified atom stereocenters. The molecule has 0 heterocycles. The van der Waals surface area contributed by atoms with Gasteiger partial charge in [0.1, 0.15) is 6.04 Å². The van der Waals surface area contributed by atoms with Gasteiger partial charge in [0.15, 0.2) is 0 Å². The Morgan fingerprint density at radius 1 is 1.08 bits per heavy atom. The van der Waals surface area contributed by atoms with Crippen molar-refractivity contribution >= 4 is 29.2 Å². The van der Waals surface area contributed by atoms with Crippen LogP contribution in [0.4, 0.5) is 8.78 Å². The van der Waals surface area contributed by atoms with Crippen molar-refractivity contribution in [3.8, 4) is 0 Å². The van der Waals surface area contributed by atoms with E-state index in [0.29, 0.717) is 48.2 Å². The van der Waals surface area contributed by atoms with Crippen LogP contribution in [0.5, 0.6) is 0 Å². The van der Waals surface area contributed by atoms with Crippen LogP contribution in [-0.4, -0.2) is 42.3 Å². The number of benzene rings is 2. The topological polar surface area (TPSA) is 49.8 Å². The molecular weight excluding hydrogens is 543 g/mol. The smallest absolute Gasteiger partial charge is 0.345 e. The number of nitrogens with zero attached hydrogens (tertiary/aromatic N) is 1. The summed E-state index contributed by atoms with van der Waals surface area (Å²) in [7, 11) is 1.86. The van der Waals surface area contributed by atoms with Crippen molar-refractivity contribution in [2.45, 2.75) is 96.3 Å². The van der Waals surface area contributed by atoms with Gasteiger partial charge >= 0.3 is 12.6 Å². The van der Waals surface area contributed by atoms with Crippen LogP contribution in [0.15, 0.2) is 36.4 Å². The third-order valence-electron chi connectivity index (χ3n) is 8.47. The molecule has 0 aliphatic heterocycles. The fourth-order valence-electron chi connectivity index (χ4n) is 6.46. The van der Waals surface area contributed by atoms with Crippen LogP contribution in [0.3, 0.4) is 0 Å². The fraction of sp³-hybridized carbons (Fsp3) is 0.581. The van der Waals surface area contributed by atoms with Crippen LogP contribution in [0.1, 0.15) is 98.9 Å². The minimum Gasteiger partial charge on any atom is -0.480 e. The number of hydrogen-bond acceptors (Lipinski definition) is 3. The number of alkyl halides is 2. The number of halogens is 4. The molecule has 0 radical (unpaired) electrons. The maximum atomic E-state index is 12.7. The van der Waals surface area contributed by atoms with Gasteiger partial charge in [0.05, 0.1) is 6.10 Å². The predicted octanol–water partition coefficient (Wildman–Crippen LogP) is 9.23. The van der Waals surface area contributed by atoms with E-state index < -0.39 is 24.7 Å². The number of carboxylic acids is 1. The zero-order valence-corrected chi connectivity index (χ0v) is 24.8. The lowest BCUT2D eigenvalue weighted by Crippen LogP contribution is -2.34. The van der Waals surface area contributed by atoms with Crippen LogP contribution in [-0.2, 0) is 9.53 Å². The molecule has 2 atom stereocenters. The summed E-state index contributed by atoms with van der Waals surface area (Å²) >= 11 is 13.0. The second kappa shape index (κ2) is 14.8. The van der Waals surface area contributed by atoms with Crippen LogP contribution < -0.4 is 0 Å². The molecule has 0 saturated heterocycles. The quantitative estimate of drug-likeness (QED) is 0.255. The minimum absolute atomic E-state index is 0.108.